The van der Waals surface area contributed by atoms with Crippen molar-refractivity contribution in [3.8, 4) is 17.1 Å². The molecule has 32 heavy (non-hydrogen) atoms. The molecule has 1 aliphatic rings. The average Bonchev–Trinajstić information content (AvgIpc) is 3.47. The van der Waals surface area contributed by atoms with Crippen molar-refractivity contribution in [2.45, 2.75) is 13.5 Å². The molecule has 1 fully saturated rings. The molecule has 2 aromatic carbocycles. The summed E-state index contributed by atoms with van der Waals surface area (Å²) in [4.78, 5) is 22.0. The number of nitrogens with zero attached hydrogens (tertiary/aromatic N) is 6. The van der Waals surface area contributed by atoms with Crippen LogP contribution in [0.5, 0.6) is 0 Å². The molecule has 3 heterocycles. The van der Waals surface area contributed by atoms with Crippen LogP contribution in [0.4, 0.5) is 0 Å². The Morgan fingerprint density at radius 1 is 0.969 bits per heavy atom. The summed E-state index contributed by atoms with van der Waals surface area (Å²) in [6.07, 6.45) is 0. The van der Waals surface area contributed by atoms with E-state index in [1.807, 2.05) is 78.6 Å². The number of carbonyl (C=O) groups is 1. The van der Waals surface area contributed by atoms with Crippen molar-refractivity contribution in [2.75, 3.05) is 26.2 Å². The fourth-order valence-electron chi connectivity index (χ4n) is 3.89. The van der Waals surface area contributed by atoms with Gasteiger partial charge in [0.1, 0.15) is 0 Å². The first-order valence-corrected chi connectivity index (χ1v) is 10.7. The number of aromatic nitrogens is 4. The lowest BCUT2D eigenvalue weighted by molar-refractivity contribution is 0.0606. The van der Waals surface area contributed by atoms with Gasteiger partial charge in [0.05, 0.1) is 17.9 Å². The maximum Gasteiger partial charge on any atom is 0.293 e. The maximum atomic E-state index is 13.2. The van der Waals surface area contributed by atoms with E-state index in [1.165, 1.54) is 0 Å². The third-order valence-corrected chi connectivity index (χ3v) is 5.55. The van der Waals surface area contributed by atoms with Crippen LogP contribution in [0.2, 0.25) is 0 Å². The van der Waals surface area contributed by atoms with E-state index < -0.39 is 0 Å². The van der Waals surface area contributed by atoms with E-state index in [2.05, 4.69) is 20.1 Å². The van der Waals surface area contributed by atoms with Crippen molar-refractivity contribution in [2.24, 2.45) is 0 Å². The van der Waals surface area contributed by atoms with Crippen LogP contribution in [0.25, 0.3) is 17.1 Å². The van der Waals surface area contributed by atoms with Gasteiger partial charge in [0.15, 0.2) is 11.6 Å². The zero-order valence-electron chi connectivity index (χ0n) is 17.9. The molecule has 0 unspecified atom stereocenters. The monoisotopic (exact) mass is 428 g/mol. The second-order valence-corrected chi connectivity index (χ2v) is 7.88. The normalized spacial score (nSPS) is 14.6. The van der Waals surface area contributed by atoms with Crippen LogP contribution in [-0.4, -0.2) is 61.8 Å². The molecule has 0 bridgehead atoms. The van der Waals surface area contributed by atoms with Crippen LogP contribution in [0.1, 0.15) is 22.1 Å². The molecule has 162 valence electrons. The van der Waals surface area contributed by atoms with E-state index >= 15 is 0 Å². The lowest BCUT2D eigenvalue weighted by Crippen LogP contribution is -2.48. The Hall–Kier alpha value is -3.78. The first kappa shape index (κ1) is 20.1. The SMILES string of the molecule is Cc1cc(CN2CCN(C(=O)c3nc(-c4ccccc4)n(-c4ccccc4)n3)CC2)on1. The van der Waals surface area contributed by atoms with Crippen molar-refractivity contribution in [1.82, 2.24) is 29.7 Å². The van der Waals surface area contributed by atoms with Gasteiger partial charge in [-0.15, -0.1) is 5.10 Å². The van der Waals surface area contributed by atoms with Crippen LogP contribution in [-0.2, 0) is 6.54 Å². The van der Waals surface area contributed by atoms with Gasteiger partial charge in [-0.1, -0.05) is 53.7 Å². The standard InChI is InChI=1S/C24H24N6O2/c1-18-16-21(32-27-18)17-28-12-14-29(15-13-28)24(31)22-25-23(19-8-4-2-5-9-19)30(26-22)20-10-6-3-7-11-20/h2-11,16H,12-15,17H2,1H3. The van der Waals surface area contributed by atoms with E-state index in [-0.39, 0.29) is 11.7 Å². The summed E-state index contributed by atoms with van der Waals surface area (Å²) in [5.74, 6) is 1.57. The summed E-state index contributed by atoms with van der Waals surface area (Å²) >= 11 is 0. The van der Waals surface area contributed by atoms with E-state index in [1.54, 1.807) is 4.68 Å². The number of rotatable bonds is 5. The Kier molecular flexibility index (Phi) is 5.51. The van der Waals surface area contributed by atoms with Crippen LogP contribution in [0.15, 0.2) is 71.3 Å². The molecule has 1 aliphatic heterocycles. The molecule has 5 rings (SSSR count). The predicted octanol–water partition coefficient (Wildman–Crippen LogP) is 3.19. The molecular weight excluding hydrogens is 404 g/mol. The van der Waals surface area contributed by atoms with Gasteiger partial charge >= 0.3 is 0 Å². The molecule has 1 amide bonds. The molecule has 0 N–H and O–H groups in total. The number of benzene rings is 2. The highest BCUT2D eigenvalue weighted by atomic mass is 16.5. The Bertz CT molecular complexity index is 1140. The minimum absolute atomic E-state index is 0.146. The largest absolute Gasteiger partial charge is 0.360 e. The third-order valence-electron chi connectivity index (χ3n) is 5.55. The quantitative estimate of drug-likeness (QED) is 0.486. The number of hydrogen-bond donors (Lipinski definition) is 0. The summed E-state index contributed by atoms with van der Waals surface area (Å²) in [5.41, 5.74) is 2.66. The summed E-state index contributed by atoms with van der Waals surface area (Å²) in [6.45, 7) is 5.36. The highest BCUT2D eigenvalue weighted by molar-refractivity contribution is 5.91. The molecule has 1 saturated heterocycles. The van der Waals surface area contributed by atoms with Crippen molar-refractivity contribution in [1.29, 1.82) is 0 Å². The molecule has 0 aliphatic carbocycles. The summed E-state index contributed by atoms with van der Waals surface area (Å²) in [5, 5.41) is 8.54. The predicted molar refractivity (Wildman–Crippen MR) is 119 cm³/mol. The Morgan fingerprint density at radius 2 is 1.66 bits per heavy atom. The Balaban J connectivity index is 1.34. The molecule has 0 radical (unpaired) electrons. The molecule has 8 nitrogen and oxygen atoms in total. The average molecular weight is 428 g/mol. The van der Waals surface area contributed by atoms with Gasteiger partial charge in [0.2, 0.25) is 5.82 Å². The lowest BCUT2D eigenvalue weighted by Gasteiger charge is -2.33. The second kappa shape index (κ2) is 8.76. The van der Waals surface area contributed by atoms with Gasteiger partial charge in [-0.25, -0.2) is 9.67 Å². The Labute approximate surface area is 186 Å². The van der Waals surface area contributed by atoms with E-state index in [0.29, 0.717) is 25.5 Å². The van der Waals surface area contributed by atoms with Crippen molar-refractivity contribution >= 4 is 5.91 Å². The number of aryl methyl sites for hydroxylation is 1. The number of amides is 1. The summed E-state index contributed by atoms with van der Waals surface area (Å²) < 4.78 is 7.06. The molecule has 0 saturated carbocycles. The van der Waals surface area contributed by atoms with E-state index in [0.717, 1.165) is 35.8 Å². The highest BCUT2D eigenvalue weighted by Gasteiger charge is 2.27. The minimum Gasteiger partial charge on any atom is -0.360 e. The van der Waals surface area contributed by atoms with Crippen LogP contribution in [0, 0.1) is 6.92 Å². The van der Waals surface area contributed by atoms with E-state index in [9.17, 15) is 4.79 Å². The molecular formula is C24H24N6O2. The molecule has 0 atom stereocenters. The van der Waals surface area contributed by atoms with E-state index in [4.69, 9.17) is 4.52 Å². The van der Waals surface area contributed by atoms with Gasteiger partial charge in [-0.3, -0.25) is 9.69 Å². The smallest absolute Gasteiger partial charge is 0.293 e. The lowest BCUT2D eigenvalue weighted by atomic mass is 10.2. The van der Waals surface area contributed by atoms with Crippen molar-refractivity contribution in [3.05, 3.63) is 84.0 Å². The van der Waals surface area contributed by atoms with Crippen molar-refractivity contribution in [3.63, 3.8) is 0 Å². The van der Waals surface area contributed by atoms with Gasteiger partial charge < -0.3 is 9.42 Å². The first-order chi connectivity index (χ1) is 15.7. The number of para-hydroxylation sites is 1. The summed E-state index contributed by atoms with van der Waals surface area (Å²) in [6, 6.07) is 21.5. The van der Waals surface area contributed by atoms with Crippen molar-refractivity contribution < 1.29 is 9.32 Å². The fourth-order valence-corrected chi connectivity index (χ4v) is 3.89. The zero-order chi connectivity index (χ0) is 21.9. The van der Waals surface area contributed by atoms with Crippen LogP contribution < -0.4 is 0 Å². The zero-order valence-corrected chi connectivity index (χ0v) is 17.9. The molecule has 2 aromatic heterocycles. The molecule has 8 heteroatoms. The number of piperazine rings is 1. The van der Waals surface area contributed by atoms with Gasteiger partial charge in [-0.2, -0.15) is 0 Å². The topological polar surface area (TPSA) is 80.3 Å². The number of carbonyl (C=O) groups excluding carboxylic acids is 1. The maximum absolute atomic E-state index is 13.2. The second-order valence-electron chi connectivity index (χ2n) is 7.88. The van der Waals surface area contributed by atoms with Gasteiger partial charge in [0.25, 0.3) is 5.91 Å². The summed E-state index contributed by atoms with van der Waals surface area (Å²) in [7, 11) is 0. The first-order valence-electron chi connectivity index (χ1n) is 10.7. The Morgan fingerprint density at radius 3 is 2.31 bits per heavy atom. The minimum atomic E-state index is -0.146. The van der Waals surface area contributed by atoms with Crippen LogP contribution in [0.3, 0.4) is 0 Å². The highest BCUT2D eigenvalue weighted by Crippen LogP contribution is 2.22. The van der Waals surface area contributed by atoms with Gasteiger partial charge in [0, 0.05) is 37.8 Å². The number of hydrogen-bond acceptors (Lipinski definition) is 6. The third kappa shape index (κ3) is 4.17. The van der Waals surface area contributed by atoms with Crippen LogP contribution >= 0.6 is 0 Å². The fraction of sp³-hybridized carbons (Fsp3) is 0.250. The molecule has 4 aromatic rings. The molecule has 0 spiro atoms. The van der Waals surface area contributed by atoms with Gasteiger partial charge in [-0.05, 0) is 19.1 Å².